The molecule has 16 nitrogen and oxygen atoms in total. The van der Waals surface area contributed by atoms with Crippen LogP contribution in [0, 0.1) is 15.4 Å². The number of nitrogens with zero attached hydrogens (tertiary/aromatic N) is 5. The molecule has 6 atom stereocenters. The van der Waals surface area contributed by atoms with Crippen LogP contribution in [0.4, 0.5) is 24.8 Å². The van der Waals surface area contributed by atoms with Gasteiger partial charge < -0.3 is 45.4 Å². The minimum Gasteiger partial charge on any atom is -0.395 e. The molecule has 2 aromatic heterocycles. The lowest BCUT2D eigenvalue weighted by Crippen LogP contribution is -2.29. The first-order valence-electron chi connectivity index (χ1n) is 14.4. The monoisotopic (exact) mass is 809 g/mol. The number of anilines is 2. The Hall–Kier alpha value is -3.85. The highest BCUT2D eigenvalue weighted by molar-refractivity contribution is 14.1. The van der Waals surface area contributed by atoms with Crippen LogP contribution in [0.1, 0.15) is 30.9 Å². The summed E-state index contributed by atoms with van der Waals surface area (Å²) in [4.78, 5) is 34.8. The third kappa shape index (κ3) is 11.6. The predicted octanol–water partition coefficient (Wildman–Crippen LogP) is 0.874. The first-order valence-corrected chi connectivity index (χ1v) is 15.5. The molecular weight excluding hydrogens is 774 g/mol. The minimum atomic E-state index is -4.82. The lowest BCUT2D eigenvalue weighted by Gasteiger charge is -2.15. The van der Waals surface area contributed by atoms with Crippen molar-refractivity contribution in [2.45, 2.75) is 56.1 Å². The maximum Gasteiger partial charge on any atom is 0.573 e. The molecule has 6 unspecified atom stereocenters. The number of aromatic nitrogens is 4. The zero-order valence-corrected chi connectivity index (χ0v) is 28.0. The molecule has 2 fully saturated rings. The Morgan fingerprint density at radius 2 is 1.49 bits per heavy atom. The van der Waals surface area contributed by atoms with Crippen molar-refractivity contribution in [1.82, 2.24) is 19.1 Å². The topological polar surface area (TPSA) is 221 Å². The van der Waals surface area contributed by atoms with Gasteiger partial charge in [0, 0.05) is 25.2 Å². The predicted molar refractivity (Wildman–Crippen MR) is 177 cm³/mol. The number of rotatable bonds is 12. The number of nitrogen functional groups attached to an aromatic ring is 2. The van der Waals surface area contributed by atoms with Gasteiger partial charge in [-0.15, -0.1) is 26.3 Å². The molecule has 2 aromatic rings. The van der Waals surface area contributed by atoms with Crippen molar-refractivity contribution in [2.75, 3.05) is 44.4 Å². The average Bonchev–Trinajstić information content (AvgIpc) is 3.66. The molecule has 4 rings (SSSR count). The summed E-state index contributed by atoms with van der Waals surface area (Å²) in [6.45, 7) is 6.97. The summed E-state index contributed by atoms with van der Waals surface area (Å²) in [6, 6.07) is 0. The molecule has 2 saturated heterocycles. The molecule has 268 valence electrons. The van der Waals surface area contributed by atoms with Crippen LogP contribution in [0.5, 0.6) is 0 Å². The lowest BCUT2D eigenvalue weighted by atomic mass is 10.2. The summed E-state index contributed by atoms with van der Waals surface area (Å²) in [5, 5.41) is 18.7. The van der Waals surface area contributed by atoms with Crippen LogP contribution in [0.3, 0.4) is 0 Å². The van der Waals surface area contributed by atoms with Gasteiger partial charge in [-0.1, -0.05) is 24.0 Å². The Balaban J connectivity index is 0.000000284. The van der Waals surface area contributed by atoms with E-state index in [4.69, 9.17) is 30.4 Å². The van der Waals surface area contributed by atoms with Crippen LogP contribution in [-0.2, 0) is 23.7 Å². The van der Waals surface area contributed by atoms with Crippen LogP contribution in [0.2, 0.25) is 0 Å². The van der Waals surface area contributed by atoms with Gasteiger partial charge in [0.15, 0.2) is 6.40 Å². The first-order chi connectivity index (χ1) is 23.3. The van der Waals surface area contributed by atoms with E-state index in [2.05, 4.69) is 44.7 Å². The number of halogens is 4. The van der Waals surface area contributed by atoms with E-state index < -0.39 is 48.5 Å². The van der Waals surface area contributed by atoms with E-state index >= 15 is 0 Å². The number of aliphatic hydroxyl groups excluding tert-OH is 2. The summed E-state index contributed by atoms with van der Waals surface area (Å²) < 4.78 is 64.4. The third-order valence-corrected chi connectivity index (χ3v) is 7.60. The fourth-order valence-corrected chi connectivity index (χ4v) is 4.99. The molecule has 0 saturated carbocycles. The van der Waals surface area contributed by atoms with Crippen molar-refractivity contribution >= 4 is 40.6 Å². The number of alkyl halides is 3. The highest BCUT2D eigenvalue weighted by Crippen LogP contribution is 2.31. The molecule has 49 heavy (non-hydrogen) atoms. The van der Waals surface area contributed by atoms with Crippen molar-refractivity contribution < 1.29 is 47.1 Å². The van der Waals surface area contributed by atoms with E-state index in [0.29, 0.717) is 16.6 Å². The summed E-state index contributed by atoms with van der Waals surface area (Å²) in [5.41, 5.74) is 10.3. The van der Waals surface area contributed by atoms with Crippen LogP contribution >= 0.6 is 22.6 Å². The van der Waals surface area contributed by atoms with Gasteiger partial charge in [0.2, 0.25) is 0 Å². The molecule has 0 spiro atoms. The zero-order chi connectivity index (χ0) is 36.1. The average molecular weight is 810 g/mol. The van der Waals surface area contributed by atoms with Crippen LogP contribution in [0.15, 0.2) is 52.3 Å². The maximum atomic E-state index is 12.2. The molecule has 0 bridgehead atoms. The van der Waals surface area contributed by atoms with Crippen molar-refractivity contribution in [3.8, 4) is 11.8 Å². The van der Waals surface area contributed by atoms with Gasteiger partial charge in [0.1, 0.15) is 42.8 Å². The third-order valence-electron chi connectivity index (χ3n) is 6.77. The quantitative estimate of drug-likeness (QED) is 0.0770. The zero-order valence-electron chi connectivity index (χ0n) is 25.9. The second-order valence-electron chi connectivity index (χ2n) is 10.1. The van der Waals surface area contributed by atoms with E-state index in [0.717, 1.165) is 4.57 Å². The van der Waals surface area contributed by atoms with Gasteiger partial charge >= 0.3 is 17.7 Å². The van der Waals surface area contributed by atoms with E-state index in [1.54, 1.807) is 18.3 Å². The van der Waals surface area contributed by atoms with Crippen LogP contribution < -0.4 is 22.8 Å². The van der Waals surface area contributed by atoms with Crippen molar-refractivity contribution in [3.05, 3.63) is 67.8 Å². The molecule has 6 N–H and O–H groups in total. The minimum absolute atomic E-state index is 0.148. The Morgan fingerprint density at radius 3 is 1.98 bits per heavy atom. The van der Waals surface area contributed by atoms with Gasteiger partial charge in [-0.05, 0) is 22.6 Å². The smallest absolute Gasteiger partial charge is 0.395 e. The van der Waals surface area contributed by atoms with Gasteiger partial charge in [0.05, 0.1) is 47.8 Å². The molecule has 20 heteroatoms. The van der Waals surface area contributed by atoms with Crippen molar-refractivity contribution in [1.29, 1.82) is 0 Å². The Morgan fingerprint density at radius 1 is 0.980 bits per heavy atom. The fraction of sp³-hybridized carbons (Fsp3) is 0.483. The highest BCUT2D eigenvalue weighted by atomic mass is 127. The summed E-state index contributed by atoms with van der Waals surface area (Å²) >= 11 is 2.00. The molecule has 4 heterocycles. The van der Waals surface area contributed by atoms with Crippen molar-refractivity contribution in [2.24, 2.45) is 4.99 Å². The van der Waals surface area contributed by atoms with Crippen LogP contribution in [-0.4, -0.2) is 99.5 Å². The van der Waals surface area contributed by atoms with Gasteiger partial charge in [-0.25, -0.2) is 14.6 Å². The molecule has 2 aliphatic rings. The standard InChI is InChI=1S/C17H19F3N4O5.C12H16IN3O4/c1-2-6-27-12-7-14(29-13(12)9-25)24-8-11(15(21)23-16(24)26)4-3-5-22-10-28-17(18,19)20;1-2-3-19-8-4-10(20-9(8)6-17)16-5-7(13)11(14)15-12(16)18/h2,8,10,12-14,25H,1,5-7,9H2,(H2,21,23,26);2,5,8-10,17H,1,3-4,6H2,(H2,14,15,18). The van der Waals surface area contributed by atoms with E-state index in [1.807, 2.05) is 22.6 Å². The first kappa shape index (κ1) is 39.6. The van der Waals surface area contributed by atoms with Crippen LogP contribution in [0.25, 0.3) is 0 Å². The maximum absolute atomic E-state index is 12.2. The Bertz CT molecular complexity index is 1640. The molecule has 0 radical (unpaired) electrons. The Labute approximate surface area is 291 Å². The number of aliphatic imine (C=N–C) groups is 1. The molecule has 0 amide bonds. The normalized spacial score (nSPS) is 23.4. The lowest BCUT2D eigenvalue weighted by molar-refractivity contribution is -0.280. The van der Waals surface area contributed by atoms with E-state index in [1.165, 1.54) is 10.8 Å². The summed E-state index contributed by atoms with van der Waals surface area (Å²) in [6.07, 6.45) is -0.878. The molecule has 0 aromatic carbocycles. The van der Waals surface area contributed by atoms with E-state index in [9.17, 15) is 33.0 Å². The van der Waals surface area contributed by atoms with Gasteiger partial charge in [-0.2, -0.15) is 9.97 Å². The fourth-order valence-electron chi connectivity index (χ4n) is 4.57. The summed E-state index contributed by atoms with van der Waals surface area (Å²) in [7, 11) is 0. The van der Waals surface area contributed by atoms with E-state index in [-0.39, 0.29) is 62.5 Å². The summed E-state index contributed by atoms with van der Waals surface area (Å²) in [5.74, 6) is 5.10. The molecule has 0 aliphatic carbocycles. The number of hydrogen-bond donors (Lipinski definition) is 4. The van der Waals surface area contributed by atoms with Gasteiger partial charge in [-0.3, -0.25) is 9.13 Å². The number of ether oxygens (including phenoxy) is 5. The van der Waals surface area contributed by atoms with Crippen molar-refractivity contribution in [3.63, 3.8) is 0 Å². The molecular formula is C29H35F3IN7O9. The number of nitrogens with two attached hydrogens (primary N) is 2. The Kier molecular flexibility index (Phi) is 15.2. The largest absolute Gasteiger partial charge is 0.573 e. The highest BCUT2D eigenvalue weighted by Gasteiger charge is 2.38. The number of hydrogen-bond acceptors (Lipinski definition) is 14. The second kappa shape index (κ2) is 18.8. The SMILES string of the molecule is C=CCOC1CC(n2cc(C#CCN=COC(F)(F)F)c(N)nc2=O)OC1CO.C=CCOC1CC(n2cc(I)c(N)nc2=O)OC1CO. The molecule has 2 aliphatic heterocycles. The van der Waals surface area contributed by atoms with Gasteiger partial charge in [0.25, 0.3) is 0 Å². The number of aliphatic hydroxyl groups is 2. The second-order valence-corrected chi connectivity index (χ2v) is 11.3.